The predicted molar refractivity (Wildman–Crippen MR) is 99.5 cm³/mol. The van der Waals surface area contributed by atoms with Crippen LogP contribution >= 0.6 is 0 Å². The van der Waals surface area contributed by atoms with E-state index in [1.807, 2.05) is 6.08 Å². The van der Waals surface area contributed by atoms with Crippen molar-refractivity contribution in [2.75, 3.05) is 0 Å². The number of hydrogen-bond donors (Lipinski definition) is 0. The number of carbonyl (C=O) groups is 1. The zero-order valence-electron chi connectivity index (χ0n) is 15.9. The van der Waals surface area contributed by atoms with Gasteiger partial charge < -0.3 is 0 Å². The summed E-state index contributed by atoms with van der Waals surface area (Å²) in [6.45, 7) is 7.30. The fourth-order valence-electron chi connectivity index (χ4n) is 7.25. The molecule has 0 amide bonds. The molecule has 4 aliphatic rings. The highest BCUT2D eigenvalue weighted by Gasteiger charge is 2.58. The number of nitrogens with zero attached hydrogens (tertiary/aromatic N) is 1. The fraction of sp³-hybridized carbons (Fsp3) is 0.739. The summed E-state index contributed by atoms with van der Waals surface area (Å²) in [5.41, 5.74) is 1.83. The van der Waals surface area contributed by atoms with E-state index in [1.54, 1.807) is 0 Å². The van der Waals surface area contributed by atoms with Gasteiger partial charge in [-0.1, -0.05) is 39.3 Å². The molecule has 1 unspecified atom stereocenters. The van der Waals surface area contributed by atoms with Gasteiger partial charge in [-0.15, -0.1) is 0 Å². The van der Waals surface area contributed by atoms with Crippen LogP contribution in [0.2, 0.25) is 0 Å². The summed E-state index contributed by atoms with van der Waals surface area (Å²) in [6.07, 6.45) is 14.5. The number of fused-ring (bicyclic) bond motifs is 5. The molecule has 7 atom stereocenters. The van der Waals surface area contributed by atoms with E-state index < -0.39 is 0 Å². The van der Waals surface area contributed by atoms with E-state index in [4.69, 9.17) is 5.26 Å². The summed E-state index contributed by atoms with van der Waals surface area (Å²) in [6, 6.07) is 2.24. The summed E-state index contributed by atoms with van der Waals surface area (Å²) in [7, 11) is 0. The maximum atomic E-state index is 12.4. The lowest BCUT2D eigenvalue weighted by Gasteiger charge is -2.56. The molecule has 25 heavy (non-hydrogen) atoms. The van der Waals surface area contributed by atoms with Crippen LogP contribution in [-0.2, 0) is 4.79 Å². The quantitative estimate of drug-likeness (QED) is 0.671. The average Bonchev–Trinajstić information content (AvgIpc) is 2.93. The third kappa shape index (κ3) is 2.31. The van der Waals surface area contributed by atoms with Crippen molar-refractivity contribution in [3.8, 4) is 6.07 Å². The monoisotopic (exact) mass is 337 g/mol. The van der Waals surface area contributed by atoms with Gasteiger partial charge in [0.2, 0.25) is 0 Å². The second-order valence-electron chi connectivity index (χ2n) is 9.56. The van der Waals surface area contributed by atoms with Crippen molar-refractivity contribution in [1.82, 2.24) is 0 Å². The minimum absolute atomic E-state index is 0.0838. The molecular formula is C23H31NO. The largest absolute Gasteiger partial charge is 0.294 e. The van der Waals surface area contributed by atoms with E-state index in [1.165, 1.54) is 37.7 Å². The first-order chi connectivity index (χ1) is 11.9. The van der Waals surface area contributed by atoms with Gasteiger partial charge in [-0.25, -0.2) is 0 Å². The van der Waals surface area contributed by atoms with E-state index in [2.05, 4.69) is 39.0 Å². The lowest BCUT2D eigenvalue weighted by molar-refractivity contribution is -0.121. The molecule has 2 nitrogen and oxygen atoms in total. The first kappa shape index (κ1) is 17.1. The molecule has 0 aromatic carbocycles. The van der Waals surface area contributed by atoms with E-state index in [9.17, 15) is 4.79 Å². The van der Waals surface area contributed by atoms with E-state index in [0.29, 0.717) is 23.7 Å². The van der Waals surface area contributed by atoms with Gasteiger partial charge in [-0.2, -0.15) is 5.26 Å². The standard InChI is InChI=1S/C23H31NO/c1-4-16-6-8-19-18-7-5-17-13-21(25)15(10-12-24)14-23(17,3)20(18)9-11-22(16,19)2/h5,7,13,15-16,18-20H,4,6,8-11,14H2,1-3H3/t15?,16-,18-,19-,20-,22+,23-/m0/s1. The van der Waals surface area contributed by atoms with Crippen LogP contribution < -0.4 is 0 Å². The highest BCUT2D eigenvalue weighted by atomic mass is 16.1. The van der Waals surface area contributed by atoms with Crippen LogP contribution in [0.1, 0.15) is 65.7 Å². The van der Waals surface area contributed by atoms with Crippen molar-refractivity contribution in [1.29, 1.82) is 5.26 Å². The van der Waals surface area contributed by atoms with Crippen LogP contribution in [0, 0.1) is 51.8 Å². The second-order valence-corrected chi connectivity index (χ2v) is 9.56. The molecule has 0 bridgehead atoms. The van der Waals surface area contributed by atoms with Gasteiger partial charge in [0.1, 0.15) is 0 Å². The number of carbonyl (C=O) groups excluding carboxylic acids is 1. The van der Waals surface area contributed by atoms with Gasteiger partial charge in [0.25, 0.3) is 0 Å². The van der Waals surface area contributed by atoms with Crippen molar-refractivity contribution in [3.63, 3.8) is 0 Å². The average molecular weight is 338 g/mol. The number of nitriles is 1. The highest BCUT2D eigenvalue weighted by molar-refractivity contribution is 5.94. The Morgan fingerprint density at radius 2 is 2.04 bits per heavy atom. The molecule has 0 saturated heterocycles. The van der Waals surface area contributed by atoms with Crippen LogP contribution in [0.15, 0.2) is 23.8 Å². The van der Waals surface area contributed by atoms with Crippen molar-refractivity contribution in [2.45, 2.75) is 65.7 Å². The molecule has 4 rings (SSSR count). The molecular weight excluding hydrogens is 306 g/mol. The summed E-state index contributed by atoms with van der Waals surface area (Å²) in [4.78, 5) is 12.4. The van der Waals surface area contributed by atoms with Crippen LogP contribution in [0.4, 0.5) is 0 Å². The Morgan fingerprint density at radius 3 is 2.76 bits per heavy atom. The zero-order chi connectivity index (χ0) is 17.8. The maximum Gasteiger partial charge on any atom is 0.160 e. The highest BCUT2D eigenvalue weighted by Crippen LogP contribution is 2.65. The maximum absolute atomic E-state index is 12.4. The van der Waals surface area contributed by atoms with Crippen LogP contribution in [-0.4, -0.2) is 5.78 Å². The Balaban J connectivity index is 1.70. The van der Waals surface area contributed by atoms with Crippen LogP contribution in [0.5, 0.6) is 0 Å². The predicted octanol–water partition coefficient (Wildman–Crippen LogP) is 5.46. The molecule has 2 heteroatoms. The molecule has 0 N–H and O–H groups in total. The first-order valence-corrected chi connectivity index (χ1v) is 10.2. The lowest BCUT2D eigenvalue weighted by atomic mass is 9.48. The molecule has 0 spiro atoms. The molecule has 0 aromatic heterocycles. The SMILES string of the molecule is CC[C@H]1CC[C@H]2[C@@H]3C=CC4=CC(=O)C(CC#N)C[C@]4(C)[C@H]3CC[C@]12C. The van der Waals surface area contributed by atoms with Crippen molar-refractivity contribution in [3.05, 3.63) is 23.8 Å². The third-order valence-corrected chi connectivity index (χ3v) is 8.71. The Morgan fingerprint density at radius 1 is 1.24 bits per heavy atom. The minimum Gasteiger partial charge on any atom is -0.294 e. The molecule has 2 fully saturated rings. The molecule has 134 valence electrons. The van der Waals surface area contributed by atoms with Crippen molar-refractivity contribution < 1.29 is 4.79 Å². The molecule has 2 saturated carbocycles. The number of allylic oxidation sites excluding steroid dienone is 4. The van der Waals surface area contributed by atoms with Gasteiger partial charge in [0, 0.05) is 12.3 Å². The smallest absolute Gasteiger partial charge is 0.160 e. The lowest BCUT2D eigenvalue weighted by Crippen LogP contribution is -2.49. The minimum atomic E-state index is -0.0915. The van der Waals surface area contributed by atoms with Crippen LogP contribution in [0.3, 0.4) is 0 Å². The third-order valence-electron chi connectivity index (χ3n) is 8.71. The summed E-state index contributed by atoms with van der Waals surface area (Å²) in [5, 5.41) is 9.13. The van der Waals surface area contributed by atoms with Crippen molar-refractivity contribution >= 4 is 5.78 Å². The number of ketones is 1. The topological polar surface area (TPSA) is 40.9 Å². The number of rotatable bonds is 2. The second kappa shape index (κ2) is 5.83. The van der Waals surface area contributed by atoms with Gasteiger partial charge in [-0.3, -0.25) is 4.79 Å². The van der Waals surface area contributed by atoms with Gasteiger partial charge in [0.05, 0.1) is 6.07 Å². The fourth-order valence-corrected chi connectivity index (χ4v) is 7.25. The molecule has 4 aliphatic carbocycles. The number of hydrogen-bond acceptors (Lipinski definition) is 2. The molecule has 0 heterocycles. The Kier molecular flexibility index (Phi) is 3.98. The van der Waals surface area contributed by atoms with Gasteiger partial charge in [-0.05, 0) is 78.3 Å². The van der Waals surface area contributed by atoms with E-state index >= 15 is 0 Å². The van der Waals surface area contributed by atoms with E-state index in [0.717, 1.165) is 18.3 Å². The molecule has 0 aromatic rings. The summed E-state index contributed by atoms with van der Waals surface area (Å²) >= 11 is 0. The van der Waals surface area contributed by atoms with Gasteiger partial charge in [0.15, 0.2) is 5.78 Å². The Hall–Kier alpha value is -1.36. The van der Waals surface area contributed by atoms with Crippen molar-refractivity contribution in [2.24, 2.45) is 40.4 Å². The first-order valence-electron chi connectivity index (χ1n) is 10.2. The summed E-state index contributed by atoms with van der Waals surface area (Å²) in [5.74, 6) is 3.07. The zero-order valence-corrected chi connectivity index (χ0v) is 15.9. The van der Waals surface area contributed by atoms with Crippen LogP contribution in [0.25, 0.3) is 0 Å². The normalized spacial score (nSPS) is 48.2. The van der Waals surface area contributed by atoms with Gasteiger partial charge >= 0.3 is 0 Å². The molecule has 0 aliphatic heterocycles. The Labute approximate surface area is 152 Å². The Bertz CT molecular complexity index is 683. The summed E-state index contributed by atoms with van der Waals surface area (Å²) < 4.78 is 0. The molecule has 0 radical (unpaired) electrons. The van der Waals surface area contributed by atoms with E-state index in [-0.39, 0.29) is 17.1 Å².